The Kier molecular flexibility index (Phi) is 2.69. The summed E-state index contributed by atoms with van der Waals surface area (Å²) in [4.78, 5) is 17.6. The molecule has 0 radical (unpaired) electrons. The highest BCUT2D eigenvalue weighted by Gasteiger charge is 2.33. The van der Waals surface area contributed by atoms with Crippen molar-refractivity contribution in [3.05, 3.63) is 17.8 Å². The fourth-order valence-electron chi connectivity index (χ4n) is 1.74. The molecule has 4 nitrogen and oxygen atoms in total. The van der Waals surface area contributed by atoms with Crippen LogP contribution in [-0.2, 0) is 0 Å². The molecule has 1 aromatic heterocycles. The van der Waals surface area contributed by atoms with Crippen molar-refractivity contribution in [2.24, 2.45) is 5.92 Å². The van der Waals surface area contributed by atoms with Gasteiger partial charge in [0.05, 0.1) is 11.1 Å². The first-order valence-electron chi connectivity index (χ1n) is 4.93. The van der Waals surface area contributed by atoms with Crippen LogP contribution in [0.25, 0.3) is 0 Å². The maximum absolute atomic E-state index is 12.0. The summed E-state index contributed by atoms with van der Waals surface area (Å²) >= 11 is 6.06. The van der Waals surface area contributed by atoms with Crippen LogP contribution in [0.5, 0.6) is 0 Å². The van der Waals surface area contributed by atoms with Crippen molar-refractivity contribution < 1.29 is 9.21 Å². The van der Waals surface area contributed by atoms with Crippen LogP contribution in [0.3, 0.4) is 0 Å². The Bertz CT molecular complexity index is 367. The lowest BCUT2D eigenvalue weighted by Crippen LogP contribution is -2.29. The Labute approximate surface area is 93.2 Å². The van der Waals surface area contributed by atoms with Gasteiger partial charge in [0.25, 0.3) is 5.91 Å². The van der Waals surface area contributed by atoms with E-state index in [0.717, 1.165) is 0 Å². The maximum Gasteiger partial charge on any atom is 0.291 e. The number of carbonyl (C=O) groups excluding carboxylic acids is 1. The summed E-state index contributed by atoms with van der Waals surface area (Å²) in [6.45, 7) is 5.07. The zero-order chi connectivity index (χ0) is 11.0. The van der Waals surface area contributed by atoms with Crippen LogP contribution in [0, 0.1) is 12.8 Å². The summed E-state index contributed by atoms with van der Waals surface area (Å²) in [5, 5.41) is 0.0391. The van der Waals surface area contributed by atoms with Crippen LogP contribution < -0.4 is 0 Å². The Hall–Kier alpha value is -1.03. The van der Waals surface area contributed by atoms with Gasteiger partial charge in [0.2, 0.25) is 5.76 Å². The molecule has 1 amide bonds. The molecule has 0 aromatic carbocycles. The molecule has 2 heterocycles. The third-order valence-corrected chi connectivity index (χ3v) is 3.32. The molecular formula is C10H13ClN2O2. The average molecular weight is 229 g/mol. The molecule has 15 heavy (non-hydrogen) atoms. The fourth-order valence-corrected chi connectivity index (χ4v) is 1.99. The van der Waals surface area contributed by atoms with E-state index < -0.39 is 0 Å². The van der Waals surface area contributed by atoms with Crippen molar-refractivity contribution in [1.82, 2.24) is 9.88 Å². The van der Waals surface area contributed by atoms with E-state index in [1.807, 2.05) is 6.92 Å². The number of alkyl halides is 1. The molecular weight excluding hydrogens is 216 g/mol. The first-order valence-corrected chi connectivity index (χ1v) is 5.36. The normalized spacial score (nSPS) is 25.9. The summed E-state index contributed by atoms with van der Waals surface area (Å²) in [6, 6.07) is 0. The molecule has 1 aliphatic heterocycles. The van der Waals surface area contributed by atoms with Crippen molar-refractivity contribution in [2.75, 3.05) is 13.1 Å². The molecule has 1 fully saturated rings. The topological polar surface area (TPSA) is 46.3 Å². The van der Waals surface area contributed by atoms with E-state index in [-0.39, 0.29) is 11.3 Å². The largest absolute Gasteiger partial charge is 0.438 e. The number of nitrogens with zero attached hydrogens (tertiary/aromatic N) is 2. The van der Waals surface area contributed by atoms with Gasteiger partial charge < -0.3 is 9.32 Å². The van der Waals surface area contributed by atoms with Crippen molar-refractivity contribution >= 4 is 17.5 Å². The molecule has 2 unspecified atom stereocenters. The fraction of sp³-hybridized carbons (Fsp3) is 0.600. The number of carbonyl (C=O) groups is 1. The number of hydrogen-bond donors (Lipinski definition) is 0. The summed E-state index contributed by atoms with van der Waals surface area (Å²) in [5.41, 5.74) is 0.630. The lowest BCUT2D eigenvalue weighted by Gasteiger charge is -2.13. The van der Waals surface area contributed by atoms with Crippen molar-refractivity contribution in [3.8, 4) is 0 Å². The Morgan fingerprint density at radius 3 is 2.87 bits per heavy atom. The number of rotatable bonds is 1. The Morgan fingerprint density at radius 1 is 1.67 bits per heavy atom. The SMILES string of the molecule is Cc1ncoc1C(=O)N1CC(C)C(Cl)C1. The van der Waals surface area contributed by atoms with Gasteiger partial charge in [-0.3, -0.25) is 4.79 Å². The number of aryl methyl sites for hydroxylation is 1. The Balaban J connectivity index is 2.13. The van der Waals surface area contributed by atoms with E-state index in [9.17, 15) is 4.79 Å². The molecule has 1 saturated heterocycles. The average Bonchev–Trinajstić information content (AvgIpc) is 2.74. The first kappa shape index (κ1) is 10.5. The van der Waals surface area contributed by atoms with Crippen LogP contribution in [0.15, 0.2) is 10.8 Å². The molecule has 0 bridgehead atoms. The number of amides is 1. The lowest BCUT2D eigenvalue weighted by atomic mass is 10.2. The van der Waals surface area contributed by atoms with Gasteiger partial charge in [0, 0.05) is 13.1 Å². The lowest BCUT2D eigenvalue weighted by molar-refractivity contribution is 0.0755. The van der Waals surface area contributed by atoms with E-state index in [2.05, 4.69) is 4.98 Å². The molecule has 0 spiro atoms. The third-order valence-electron chi connectivity index (χ3n) is 2.75. The summed E-state index contributed by atoms with van der Waals surface area (Å²) in [7, 11) is 0. The van der Waals surface area contributed by atoms with Crippen LogP contribution in [-0.4, -0.2) is 34.3 Å². The highest BCUT2D eigenvalue weighted by molar-refractivity contribution is 6.21. The van der Waals surface area contributed by atoms with E-state index in [1.165, 1.54) is 6.39 Å². The predicted molar refractivity (Wildman–Crippen MR) is 55.9 cm³/mol. The molecule has 2 atom stereocenters. The van der Waals surface area contributed by atoms with E-state index >= 15 is 0 Å². The molecule has 1 aromatic rings. The van der Waals surface area contributed by atoms with Crippen LogP contribution in [0.4, 0.5) is 0 Å². The third kappa shape index (κ3) is 1.86. The quantitative estimate of drug-likeness (QED) is 0.687. The summed E-state index contributed by atoms with van der Waals surface area (Å²) in [6.07, 6.45) is 1.29. The van der Waals surface area contributed by atoms with Gasteiger partial charge in [-0.25, -0.2) is 4.98 Å². The van der Waals surface area contributed by atoms with Crippen LogP contribution >= 0.6 is 11.6 Å². The smallest absolute Gasteiger partial charge is 0.291 e. The van der Waals surface area contributed by atoms with Crippen molar-refractivity contribution in [1.29, 1.82) is 0 Å². The minimum Gasteiger partial charge on any atom is -0.438 e. The number of hydrogen-bond acceptors (Lipinski definition) is 3. The van der Waals surface area contributed by atoms with Gasteiger partial charge in [-0.1, -0.05) is 6.92 Å². The van der Waals surface area contributed by atoms with Gasteiger partial charge in [-0.05, 0) is 12.8 Å². The molecule has 1 aliphatic rings. The molecule has 5 heteroatoms. The predicted octanol–water partition coefficient (Wildman–Crippen LogP) is 1.68. The van der Waals surface area contributed by atoms with Gasteiger partial charge in [0.1, 0.15) is 0 Å². The zero-order valence-electron chi connectivity index (χ0n) is 8.74. The van der Waals surface area contributed by atoms with Crippen LogP contribution in [0.1, 0.15) is 23.2 Å². The van der Waals surface area contributed by atoms with Gasteiger partial charge in [-0.15, -0.1) is 11.6 Å². The molecule has 82 valence electrons. The number of halogens is 1. The van der Waals surface area contributed by atoms with E-state index in [1.54, 1.807) is 11.8 Å². The first-order chi connectivity index (χ1) is 7.09. The van der Waals surface area contributed by atoms with Gasteiger partial charge in [0.15, 0.2) is 6.39 Å². The second-order valence-electron chi connectivity index (χ2n) is 3.97. The number of oxazole rings is 1. The van der Waals surface area contributed by atoms with Crippen molar-refractivity contribution in [2.45, 2.75) is 19.2 Å². The standard InChI is InChI=1S/C10H13ClN2O2/c1-6-3-13(4-8(6)11)10(14)9-7(2)12-5-15-9/h5-6,8H,3-4H2,1-2H3. The van der Waals surface area contributed by atoms with Crippen molar-refractivity contribution in [3.63, 3.8) is 0 Å². The second kappa shape index (κ2) is 3.85. The molecule has 2 rings (SSSR count). The minimum absolute atomic E-state index is 0.0391. The number of aromatic nitrogens is 1. The van der Waals surface area contributed by atoms with Gasteiger partial charge in [-0.2, -0.15) is 0 Å². The zero-order valence-corrected chi connectivity index (χ0v) is 9.49. The highest BCUT2D eigenvalue weighted by Crippen LogP contribution is 2.23. The Morgan fingerprint density at radius 2 is 2.40 bits per heavy atom. The van der Waals surface area contributed by atoms with E-state index in [4.69, 9.17) is 16.0 Å². The molecule has 0 N–H and O–H groups in total. The highest BCUT2D eigenvalue weighted by atomic mass is 35.5. The second-order valence-corrected chi connectivity index (χ2v) is 4.53. The monoisotopic (exact) mass is 228 g/mol. The van der Waals surface area contributed by atoms with E-state index in [0.29, 0.717) is 30.5 Å². The maximum atomic E-state index is 12.0. The summed E-state index contributed by atoms with van der Waals surface area (Å²) < 4.78 is 5.06. The van der Waals surface area contributed by atoms with Crippen LogP contribution in [0.2, 0.25) is 0 Å². The molecule has 0 aliphatic carbocycles. The molecule has 0 saturated carbocycles. The minimum atomic E-state index is -0.111. The summed E-state index contributed by atoms with van der Waals surface area (Å²) in [5.74, 6) is 0.548. The van der Waals surface area contributed by atoms with Gasteiger partial charge >= 0.3 is 0 Å². The number of likely N-dealkylation sites (tertiary alicyclic amines) is 1.